The summed E-state index contributed by atoms with van der Waals surface area (Å²) in [5.41, 5.74) is -1.06. The molecule has 1 aromatic carbocycles. The van der Waals surface area contributed by atoms with Crippen molar-refractivity contribution in [2.75, 3.05) is 6.61 Å². The number of amides is 1. The van der Waals surface area contributed by atoms with E-state index in [1.54, 1.807) is 6.92 Å². The van der Waals surface area contributed by atoms with Crippen LogP contribution >= 0.6 is 11.6 Å². The first kappa shape index (κ1) is 16.1. The number of hydrogen-bond acceptors (Lipinski definition) is 5. The number of ether oxygens (including phenoxy) is 1. The average molecular weight is 323 g/mol. The van der Waals surface area contributed by atoms with E-state index in [1.165, 1.54) is 18.2 Å². The number of phenolic OH excluding ortho intramolecular Hbond substituents is 1. The fraction of sp³-hybridized carbons (Fsp3) is 0.400. The van der Waals surface area contributed by atoms with Crippen LogP contribution in [0.25, 0.3) is 0 Å². The van der Waals surface area contributed by atoms with E-state index < -0.39 is 24.0 Å². The Morgan fingerprint density at radius 3 is 2.82 bits per heavy atom. The molecular formula is C15H15ClN2O4. The number of nitriles is 1. The van der Waals surface area contributed by atoms with Crippen LogP contribution in [0.4, 0.5) is 0 Å². The molecule has 2 rings (SSSR count). The quantitative estimate of drug-likeness (QED) is 0.808. The van der Waals surface area contributed by atoms with E-state index in [-0.39, 0.29) is 22.3 Å². The lowest BCUT2D eigenvalue weighted by molar-refractivity contribution is -0.125. The van der Waals surface area contributed by atoms with Crippen molar-refractivity contribution >= 4 is 23.5 Å². The Labute approximate surface area is 132 Å². The highest BCUT2D eigenvalue weighted by Gasteiger charge is 2.43. The first-order valence-corrected chi connectivity index (χ1v) is 7.11. The van der Waals surface area contributed by atoms with Crippen molar-refractivity contribution in [1.82, 2.24) is 5.32 Å². The summed E-state index contributed by atoms with van der Waals surface area (Å²) in [6.45, 7) is 1.11. The van der Waals surface area contributed by atoms with Crippen LogP contribution in [0.2, 0.25) is 5.02 Å². The van der Waals surface area contributed by atoms with Gasteiger partial charge in [-0.1, -0.05) is 11.6 Å². The van der Waals surface area contributed by atoms with E-state index >= 15 is 0 Å². The topological polar surface area (TPSA) is 99.4 Å². The lowest BCUT2D eigenvalue weighted by Gasteiger charge is -2.22. The molecule has 0 aromatic heterocycles. The van der Waals surface area contributed by atoms with Gasteiger partial charge in [-0.2, -0.15) is 5.26 Å². The van der Waals surface area contributed by atoms with Crippen LogP contribution in [0.5, 0.6) is 5.75 Å². The number of nitrogens with zero attached hydrogens (tertiary/aromatic N) is 1. The van der Waals surface area contributed by atoms with Gasteiger partial charge >= 0.3 is 5.97 Å². The van der Waals surface area contributed by atoms with Gasteiger partial charge in [0.1, 0.15) is 16.9 Å². The van der Waals surface area contributed by atoms with Crippen LogP contribution in [0, 0.1) is 17.2 Å². The Balaban J connectivity index is 1.92. The van der Waals surface area contributed by atoms with Crippen LogP contribution in [0.3, 0.4) is 0 Å². The average Bonchev–Trinajstić information content (AvgIpc) is 3.32. The maximum Gasteiger partial charge on any atom is 0.342 e. The van der Waals surface area contributed by atoms with Crippen molar-refractivity contribution in [3.63, 3.8) is 0 Å². The van der Waals surface area contributed by atoms with Gasteiger partial charge in [0.25, 0.3) is 5.91 Å². The van der Waals surface area contributed by atoms with E-state index in [2.05, 4.69) is 11.4 Å². The van der Waals surface area contributed by atoms with Gasteiger partial charge in [-0.25, -0.2) is 4.79 Å². The summed E-state index contributed by atoms with van der Waals surface area (Å²) in [5.74, 6) is -1.57. The van der Waals surface area contributed by atoms with E-state index in [1.807, 2.05) is 0 Å². The molecule has 116 valence electrons. The molecule has 1 aromatic rings. The number of nitrogens with one attached hydrogen (secondary N) is 1. The van der Waals surface area contributed by atoms with Crippen molar-refractivity contribution < 1.29 is 19.4 Å². The number of esters is 1. The number of phenols is 1. The number of halogens is 1. The standard InChI is InChI=1S/C15H15ClN2O4/c1-15(8-17,9-2-3-9)18-13(20)7-22-14(21)11-6-10(16)4-5-12(11)19/h4-6,9,19H,2-3,7H2,1H3,(H,18,20)/t15-/m0/s1. The zero-order valence-electron chi connectivity index (χ0n) is 11.9. The predicted octanol–water partition coefficient (Wildman–Crippen LogP) is 2.01. The molecule has 1 atom stereocenters. The van der Waals surface area contributed by atoms with Crippen molar-refractivity contribution in [3.8, 4) is 11.8 Å². The molecule has 0 heterocycles. The van der Waals surface area contributed by atoms with E-state index in [4.69, 9.17) is 21.6 Å². The number of carbonyl (C=O) groups excluding carboxylic acids is 2. The lowest BCUT2D eigenvalue weighted by atomic mass is 9.98. The molecule has 0 unspecified atom stereocenters. The fourth-order valence-corrected chi connectivity index (χ4v) is 2.26. The summed E-state index contributed by atoms with van der Waals surface area (Å²) in [7, 11) is 0. The summed E-state index contributed by atoms with van der Waals surface area (Å²) >= 11 is 5.74. The van der Waals surface area contributed by atoms with Crippen LogP contribution in [-0.4, -0.2) is 29.1 Å². The molecule has 1 aliphatic carbocycles. The summed E-state index contributed by atoms with van der Waals surface area (Å²) < 4.78 is 4.84. The molecule has 0 aliphatic heterocycles. The summed E-state index contributed by atoms with van der Waals surface area (Å²) in [6, 6.07) is 6.02. The molecule has 1 amide bonds. The van der Waals surface area contributed by atoms with Crippen LogP contribution in [-0.2, 0) is 9.53 Å². The van der Waals surface area contributed by atoms with Gasteiger partial charge < -0.3 is 15.2 Å². The van der Waals surface area contributed by atoms with Gasteiger partial charge in [0, 0.05) is 5.02 Å². The van der Waals surface area contributed by atoms with Crippen LogP contribution in [0.1, 0.15) is 30.1 Å². The molecular weight excluding hydrogens is 308 g/mol. The van der Waals surface area contributed by atoms with E-state index in [9.17, 15) is 14.7 Å². The van der Waals surface area contributed by atoms with Crippen LogP contribution < -0.4 is 5.32 Å². The molecule has 0 spiro atoms. The minimum absolute atomic E-state index is 0.120. The second kappa shape index (κ2) is 6.24. The Kier molecular flexibility index (Phi) is 4.57. The number of aromatic hydroxyl groups is 1. The van der Waals surface area contributed by atoms with E-state index in [0.717, 1.165) is 12.8 Å². The molecule has 1 fully saturated rings. The number of carbonyl (C=O) groups is 2. The number of rotatable bonds is 5. The zero-order chi connectivity index (χ0) is 16.3. The summed E-state index contributed by atoms with van der Waals surface area (Å²) in [5, 5.41) is 21.6. The largest absolute Gasteiger partial charge is 0.507 e. The maximum absolute atomic E-state index is 11.8. The minimum Gasteiger partial charge on any atom is -0.507 e. The van der Waals surface area contributed by atoms with Gasteiger partial charge in [0.15, 0.2) is 6.61 Å². The van der Waals surface area contributed by atoms with Gasteiger partial charge in [-0.15, -0.1) is 0 Å². The molecule has 0 saturated heterocycles. The Bertz CT molecular complexity index is 651. The SMILES string of the molecule is C[C@@](C#N)(NC(=O)COC(=O)c1cc(Cl)ccc1O)C1CC1. The Morgan fingerprint density at radius 1 is 1.55 bits per heavy atom. The predicted molar refractivity (Wildman–Crippen MR) is 78.3 cm³/mol. The third-order valence-electron chi connectivity index (χ3n) is 3.54. The lowest BCUT2D eigenvalue weighted by Crippen LogP contribution is -2.48. The van der Waals surface area contributed by atoms with Crippen molar-refractivity contribution in [3.05, 3.63) is 28.8 Å². The highest BCUT2D eigenvalue weighted by atomic mass is 35.5. The monoisotopic (exact) mass is 322 g/mol. The van der Waals surface area contributed by atoms with Gasteiger partial charge in [0.2, 0.25) is 0 Å². The Hall–Kier alpha value is -2.26. The molecule has 2 N–H and O–H groups in total. The second-order valence-corrected chi connectivity index (χ2v) is 5.81. The second-order valence-electron chi connectivity index (χ2n) is 5.37. The smallest absolute Gasteiger partial charge is 0.342 e. The normalized spacial score (nSPS) is 16.2. The van der Waals surface area contributed by atoms with Gasteiger partial charge in [-0.3, -0.25) is 4.79 Å². The molecule has 6 nitrogen and oxygen atoms in total. The number of benzene rings is 1. The molecule has 1 aliphatic rings. The molecule has 22 heavy (non-hydrogen) atoms. The van der Waals surface area contributed by atoms with Crippen molar-refractivity contribution in [2.24, 2.45) is 5.92 Å². The zero-order valence-corrected chi connectivity index (χ0v) is 12.7. The van der Waals surface area contributed by atoms with Crippen molar-refractivity contribution in [2.45, 2.75) is 25.3 Å². The first-order valence-electron chi connectivity index (χ1n) is 6.73. The summed E-state index contributed by atoms with van der Waals surface area (Å²) in [4.78, 5) is 23.6. The fourth-order valence-electron chi connectivity index (χ4n) is 2.09. The maximum atomic E-state index is 11.8. The van der Waals surface area contributed by atoms with Crippen molar-refractivity contribution in [1.29, 1.82) is 5.26 Å². The first-order chi connectivity index (χ1) is 10.4. The van der Waals surface area contributed by atoms with Gasteiger partial charge in [0.05, 0.1) is 6.07 Å². The minimum atomic E-state index is -0.943. The number of hydrogen-bond donors (Lipinski definition) is 2. The highest BCUT2D eigenvalue weighted by Crippen LogP contribution is 2.39. The van der Waals surface area contributed by atoms with Crippen LogP contribution in [0.15, 0.2) is 18.2 Å². The molecule has 0 radical (unpaired) electrons. The van der Waals surface area contributed by atoms with Gasteiger partial charge in [-0.05, 0) is 43.9 Å². The molecule has 7 heteroatoms. The third-order valence-corrected chi connectivity index (χ3v) is 3.77. The summed E-state index contributed by atoms with van der Waals surface area (Å²) in [6.07, 6.45) is 1.78. The molecule has 0 bridgehead atoms. The molecule has 1 saturated carbocycles. The van der Waals surface area contributed by atoms with E-state index in [0.29, 0.717) is 0 Å². The Morgan fingerprint density at radius 2 is 2.23 bits per heavy atom. The third kappa shape index (κ3) is 3.68. The highest BCUT2D eigenvalue weighted by molar-refractivity contribution is 6.31.